The van der Waals surface area contributed by atoms with Crippen LogP contribution in [0.3, 0.4) is 0 Å². The number of para-hydroxylation sites is 2. The number of nitrogens with zero attached hydrogens (tertiary/aromatic N) is 1. The zero-order valence-electron chi connectivity index (χ0n) is 13.2. The molecule has 2 aromatic rings. The topological polar surface area (TPSA) is 59.9 Å². The van der Waals surface area contributed by atoms with E-state index in [0.717, 1.165) is 11.3 Å². The first-order valence-electron chi connectivity index (χ1n) is 7.68. The number of fused-ring (bicyclic) bond motifs is 1. The highest BCUT2D eigenvalue weighted by Crippen LogP contribution is 2.30. The molecular weight excluding hydrogens is 328 g/mol. The summed E-state index contributed by atoms with van der Waals surface area (Å²) < 4.78 is 11.2. The van der Waals surface area contributed by atoms with Crippen molar-refractivity contribution in [1.82, 2.24) is 5.43 Å². The number of amides is 1. The number of hydrogen-bond donors (Lipinski definition) is 1. The molecule has 1 atom stereocenters. The predicted octanol–water partition coefficient (Wildman–Crippen LogP) is 3.41. The van der Waals surface area contributed by atoms with Gasteiger partial charge in [-0.3, -0.25) is 4.79 Å². The van der Waals surface area contributed by atoms with Gasteiger partial charge in [0.25, 0.3) is 5.91 Å². The summed E-state index contributed by atoms with van der Waals surface area (Å²) in [6, 6.07) is 14.6. The monoisotopic (exact) mass is 344 g/mol. The SMILES string of the molecule is CC/C(=N\NC(=O)C1COc2ccccc2O1)c1ccc(Cl)cc1. The van der Waals surface area contributed by atoms with Crippen LogP contribution in [-0.4, -0.2) is 24.3 Å². The lowest BCUT2D eigenvalue weighted by molar-refractivity contribution is -0.130. The number of hydrogen-bond acceptors (Lipinski definition) is 4. The fourth-order valence-electron chi connectivity index (χ4n) is 2.33. The van der Waals surface area contributed by atoms with Crippen LogP contribution < -0.4 is 14.9 Å². The van der Waals surface area contributed by atoms with Gasteiger partial charge in [-0.1, -0.05) is 42.8 Å². The molecule has 1 aliphatic rings. The van der Waals surface area contributed by atoms with E-state index in [1.54, 1.807) is 24.3 Å². The van der Waals surface area contributed by atoms with E-state index in [1.165, 1.54) is 0 Å². The van der Waals surface area contributed by atoms with Gasteiger partial charge in [0, 0.05) is 5.02 Å². The third-order valence-corrected chi connectivity index (χ3v) is 3.87. The molecule has 0 saturated heterocycles. The van der Waals surface area contributed by atoms with E-state index >= 15 is 0 Å². The van der Waals surface area contributed by atoms with Crippen molar-refractivity contribution in [2.75, 3.05) is 6.61 Å². The van der Waals surface area contributed by atoms with Crippen molar-refractivity contribution in [3.8, 4) is 11.5 Å². The lowest BCUT2D eigenvalue weighted by Gasteiger charge is -2.24. The van der Waals surface area contributed by atoms with Gasteiger partial charge in [-0.15, -0.1) is 0 Å². The molecule has 0 bridgehead atoms. The minimum Gasteiger partial charge on any atom is -0.485 e. The summed E-state index contributed by atoms with van der Waals surface area (Å²) in [4.78, 5) is 12.3. The average Bonchev–Trinajstić information content (AvgIpc) is 2.63. The van der Waals surface area contributed by atoms with E-state index < -0.39 is 6.10 Å². The average molecular weight is 345 g/mol. The van der Waals surface area contributed by atoms with Crippen molar-refractivity contribution in [1.29, 1.82) is 0 Å². The van der Waals surface area contributed by atoms with Gasteiger partial charge in [0.05, 0.1) is 5.71 Å². The molecule has 0 fully saturated rings. The predicted molar refractivity (Wildman–Crippen MR) is 92.8 cm³/mol. The molecule has 6 heteroatoms. The molecule has 5 nitrogen and oxygen atoms in total. The Kier molecular flexibility index (Phi) is 5.01. The Balaban J connectivity index is 1.67. The first-order valence-corrected chi connectivity index (χ1v) is 8.06. The highest BCUT2D eigenvalue weighted by Gasteiger charge is 2.27. The zero-order valence-corrected chi connectivity index (χ0v) is 13.9. The van der Waals surface area contributed by atoms with Crippen LogP contribution >= 0.6 is 11.6 Å². The van der Waals surface area contributed by atoms with Gasteiger partial charge in [0.1, 0.15) is 6.61 Å². The maximum atomic E-state index is 12.3. The smallest absolute Gasteiger partial charge is 0.284 e. The second-order valence-electron chi connectivity index (χ2n) is 5.26. The molecule has 1 aliphatic heterocycles. The van der Waals surface area contributed by atoms with Crippen LogP contribution in [0, 0.1) is 0 Å². The lowest BCUT2D eigenvalue weighted by atomic mass is 10.1. The standard InChI is InChI=1S/C18H17ClN2O3/c1-2-14(12-7-9-13(19)10-8-12)20-21-18(22)17-11-23-15-5-3-4-6-16(15)24-17/h3-10,17H,2,11H2,1H3,(H,21,22)/b20-14+. The quantitative estimate of drug-likeness (QED) is 0.683. The summed E-state index contributed by atoms with van der Waals surface area (Å²) in [6.07, 6.45) is -0.0563. The molecule has 3 rings (SSSR count). The first kappa shape index (κ1) is 16.3. The fraction of sp³-hybridized carbons (Fsp3) is 0.222. The largest absolute Gasteiger partial charge is 0.485 e. The summed E-state index contributed by atoms with van der Waals surface area (Å²) in [5.74, 6) is 0.853. The molecule has 0 saturated carbocycles. The van der Waals surface area contributed by atoms with Gasteiger partial charge in [-0.2, -0.15) is 5.10 Å². The van der Waals surface area contributed by atoms with Crippen LogP contribution in [0.1, 0.15) is 18.9 Å². The Hall–Kier alpha value is -2.53. The number of nitrogens with one attached hydrogen (secondary N) is 1. The normalized spacial score (nSPS) is 16.6. The van der Waals surface area contributed by atoms with Crippen molar-refractivity contribution < 1.29 is 14.3 Å². The Labute approximate surface area is 145 Å². The lowest BCUT2D eigenvalue weighted by Crippen LogP contribution is -2.42. The number of benzene rings is 2. The van der Waals surface area contributed by atoms with Crippen LogP contribution in [0.2, 0.25) is 5.02 Å². The molecule has 0 aliphatic carbocycles. The molecule has 0 spiro atoms. The Morgan fingerprint density at radius 3 is 2.62 bits per heavy atom. The molecule has 0 radical (unpaired) electrons. The van der Waals surface area contributed by atoms with Gasteiger partial charge in [-0.05, 0) is 36.2 Å². The Morgan fingerprint density at radius 1 is 1.21 bits per heavy atom. The number of rotatable bonds is 4. The van der Waals surface area contributed by atoms with E-state index in [0.29, 0.717) is 22.9 Å². The van der Waals surface area contributed by atoms with Gasteiger partial charge >= 0.3 is 0 Å². The van der Waals surface area contributed by atoms with E-state index in [4.69, 9.17) is 21.1 Å². The van der Waals surface area contributed by atoms with Gasteiger partial charge in [0.15, 0.2) is 11.5 Å². The number of hydrazone groups is 1. The molecule has 1 N–H and O–H groups in total. The number of ether oxygens (including phenoxy) is 2. The van der Waals surface area contributed by atoms with Crippen molar-refractivity contribution >= 4 is 23.2 Å². The molecule has 0 aromatic heterocycles. The van der Waals surface area contributed by atoms with Gasteiger partial charge < -0.3 is 9.47 Å². The van der Waals surface area contributed by atoms with E-state index in [-0.39, 0.29) is 12.5 Å². The summed E-state index contributed by atoms with van der Waals surface area (Å²) in [5, 5.41) is 4.87. The molecular formula is C18H17ClN2O3. The molecule has 124 valence electrons. The van der Waals surface area contributed by atoms with Crippen LogP contribution in [0.25, 0.3) is 0 Å². The van der Waals surface area contributed by atoms with Crippen LogP contribution in [0.4, 0.5) is 0 Å². The first-order chi connectivity index (χ1) is 11.7. The Morgan fingerprint density at radius 2 is 1.92 bits per heavy atom. The summed E-state index contributed by atoms with van der Waals surface area (Å²) in [5.41, 5.74) is 4.23. The van der Waals surface area contributed by atoms with Crippen LogP contribution in [0.15, 0.2) is 53.6 Å². The second-order valence-corrected chi connectivity index (χ2v) is 5.70. The summed E-state index contributed by atoms with van der Waals surface area (Å²) in [6.45, 7) is 2.12. The van der Waals surface area contributed by atoms with Crippen LogP contribution in [-0.2, 0) is 4.79 Å². The maximum absolute atomic E-state index is 12.3. The number of carbonyl (C=O) groups is 1. The second kappa shape index (κ2) is 7.36. The highest BCUT2D eigenvalue weighted by molar-refractivity contribution is 6.30. The molecule has 1 amide bonds. The third-order valence-electron chi connectivity index (χ3n) is 3.61. The van der Waals surface area contributed by atoms with Crippen LogP contribution in [0.5, 0.6) is 11.5 Å². The summed E-state index contributed by atoms with van der Waals surface area (Å²) in [7, 11) is 0. The van der Waals surface area contributed by atoms with Gasteiger partial charge in [0.2, 0.25) is 6.10 Å². The maximum Gasteiger partial charge on any atom is 0.284 e. The minimum atomic E-state index is -0.730. The summed E-state index contributed by atoms with van der Waals surface area (Å²) >= 11 is 5.89. The third kappa shape index (κ3) is 3.68. The number of halogens is 1. The molecule has 24 heavy (non-hydrogen) atoms. The van der Waals surface area contributed by atoms with E-state index in [1.807, 2.05) is 31.2 Å². The Bertz CT molecular complexity index is 759. The van der Waals surface area contributed by atoms with Gasteiger partial charge in [-0.25, -0.2) is 5.43 Å². The van der Waals surface area contributed by atoms with E-state index in [2.05, 4.69) is 10.5 Å². The molecule has 2 aromatic carbocycles. The highest BCUT2D eigenvalue weighted by atomic mass is 35.5. The zero-order chi connectivity index (χ0) is 16.9. The van der Waals surface area contributed by atoms with Crippen molar-refractivity contribution in [3.05, 3.63) is 59.1 Å². The molecule has 1 heterocycles. The molecule has 1 unspecified atom stereocenters. The minimum absolute atomic E-state index is 0.154. The number of carbonyl (C=O) groups excluding carboxylic acids is 1. The van der Waals surface area contributed by atoms with Crippen molar-refractivity contribution in [2.24, 2.45) is 5.10 Å². The fourth-order valence-corrected chi connectivity index (χ4v) is 2.46. The van der Waals surface area contributed by atoms with Crippen molar-refractivity contribution in [3.63, 3.8) is 0 Å². The van der Waals surface area contributed by atoms with Crippen molar-refractivity contribution in [2.45, 2.75) is 19.4 Å². The van der Waals surface area contributed by atoms with E-state index in [9.17, 15) is 4.79 Å².